The minimum atomic E-state index is 0. The topological polar surface area (TPSA) is 0 Å². The van der Waals surface area contributed by atoms with Gasteiger partial charge in [0, 0.05) is 0 Å². The smallest absolute Gasteiger partial charge is 0.0152 e. The summed E-state index contributed by atoms with van der Waals surface area (Å²) in [5.74, 6) is 1.62. The third kappa shape index (κ3) is 8.30. The highest BCUT2D eigenvalue weighted by Crippen LogP contribution is 2.21. The molecule has 0 saturated heterocycles. The highest BCUT2D eigenvalue weighted by molar-refractivity contribution is 5.85. The van der Waals surface area contributed by atoms with Gasteiger partial charge in [-0.2, -0.15) is 0 Å². The number of benzene rings is 3. The van der Waals surface area contributed by atoms with Crippen LogP contribution in [0.3, 0.4) is 0 Å². The van der Waals surface area contributed by atoms with Gasteiger partial charge in [-0.15, -0.1) is 0 Å². The first-order valence-corrected chi connectivity index (χ1v) is 10.6. The molecular weight excluding hydrogens is 336 g/mol. The molecule has 1 unspecified atom stereocenters. The van der Waals surface area contributed by atoms with Crippen molar-refractivity contribution < 1.29 is 0 Å². The quantitative estimate of drug-likeness (QED) is 0.386. The lowest BCUT2D eigenvalue weighted by atomic mass is 9.95. The zero-order chi connectivity index (χ0) is 19.5. The highest BCUT2D eigenvalue weighted by atomic mass is 14.1. The first-order chi connectivity index (χ1) is 13.1. The molecule has 0 radical (unpaired) electrons. The maximum Gasteiger partial charge on any atom is -0.0152 e. The van der Waals surface area contributed by atoms with E-state index in [1.54, 1.807) is 0 Å². The van der Waals surface area contributed by atoms with Crippen LogP contribution in [0.5, 0.6) is 0 Å². The van der Waals surface area contributed by atoms with E-state index in [1.165, 1.54) is 54.0 Å². The van der Waals surface area contributed by atoms with Crippen LogP contribution in [0, 0.1) is 11.8 Å². The summed E-state index contributed by atoms with van der Waals surface area (Å²) in [7, 11) is 0. The molecule has 1 atom stereocenters. The van der Waals surface area contributed by atoms with Gasteiger partial charge in [-0.05, 0) is 53.0 Å². The summed E-state index contributed by atoms with van der Waals surface area (Å²) in [6.07, 6.45) is 6.34. The van der Waals surface area contributed by atoms with Crippen LogP contribution in [0.2, 0.25) is 0 Å². The molecule has 0 bridgehead atoms. The van der Waals surface area contributed by atoms with Gasteiger partial charge in [-0.1, -0.05) is 121 Å². The summed E-state index contributed by atoms with van der Waals surface area (Å²) in [5.41, 5.74) is 2.96. The van der Waals surface area contributed by atoms with Crippen molar-refractivity contribution in [2.24, 2.45) is 11.8 Å². The standard InChI is InChI=1S/C15H18.C12H18.CH4/c1-3-12(2)11-14-9-6-8-13-7-4-5-10-15(13)14;1-11(2)7-6-10-12-8-4-3-5-9-12;/h4-10,12H,3,11H2,1-2H3;3-5,8-9,11H,6-7,10H2,1-2H3;1H4. The summed E-state index contributed by atoms with van der Waals surface area (Å²) in [6, 6.07) is 26.0. The second-order valence-electron chi connectivity index (χ2n) is 8.13. The van der Waals surface area contributed by atoms with E-state index < -0.39 is 0 Å². The monoisotopic (exact) mass is 376 g/mol. The van der Waals surface area contributed by atoms with Crippen LogP contribution < -0.4 is 0 Å². The van der Waals surface area contributed by atoms with E-state index in [4.69, 9.17) is 0 Å². The van der Waals surface area contributed by atoms with Crippen LogP contribution in [-0.4, -0.2) is 0 Å². The fourth-order valence-electron chi connectivity index (χ4n) is 3.35. The molecule has 0 aliphatic heterocycles. The predicted octanol–water partition coefficient (Wildman–Crippen LogP) is 8.73. The van der Waals surface area contributed by atoms with Gasteiger partial charge in [0.15, 0.2) is 0 Å². The lowest BCUT2D eigenvalue weighted by Crippen LogP contribution is -1.98. The van der Waals surface area contributed by atoms with Crippen molar-refractivity contribution in [1.82, 2.24) is 0 Å². The lowest BCUT2D eigenvalue weighted by molar-refractivity contribution is 0.556. The summed E-state index contributed by atoms with van der Waals surface area (Å²) >= 11 is 0. The van der Waals surface area contributed by atoms with E-state index in [-0.39, 0.29) is 7.43 Å². The van der Waals surface area contributed by atoms with Gasteiger partial charge >= 0.3 is 0 Å². The molecule has 0 amide bonds. The van der Waals surface area contributed by atoms with Crippen LogP contribution in [0.4, 0.5) is 0 Å². The van der Waals surface area contributed by atoms with E-state index in [0.29, 0.717) is 0 Å². The molecule has 28 heavy (non-hydrogen) atoms. The van der Waals surface area contributed by atoms with Gasteiger partial charge in [-0.3, -0.25) is 0 Å². The van der Waals surface area contributed by atoms with E-state index in [1.807, 2.05) is 0 Å². The molecule has 0 spiro atoms. The highest BCUT2D eigenvalue weighted by Gasteiger charge is 2.04. The molecule has 3 aromatic carbocycles. The average molecular weight is 377 g/mol. The Labute approximate surface area is 174 Å². The van der Waals surface area contributed by atoms with Crippen LogP contribution in [-0.2, 0) is 12.8 Å². The molecule has 152 valence electrons. The van der Waals surface area contributed by atoms with Gasteiger partial charge in [0.05, 0.1) is 0 Å². The molecule has 0 aliphatic rings. The van der Waals surface area contributed by atoms with E-state index in [9.17, 15) is 0 Å². The van der Waals surface area contributed by atoms with Gasteiger partial charge in [0.1, 0.15) is 0 Å². The predicted molar refractivity (Wildman–Crippen MR) is 128 cm³/mol. The van der Waals surface area contributed by atoms with Crippen molar-refractivity contribution in [2.45, 2.75) is 67.2 Å². The SMILES string of the molecule is C.CC(C)CCCc1ccccc1.CCC(C)Cc1cccc2ccccc12. The number of hydrogen-bond acceptors (Lipinski definition) is 0. The molecule has 0 heteroatoms. The molecule has 0 aromatic heterocycles. The van der Waals surface area contributed by atoms with Crippen molar-refractivity contribution in [3.05, 3.63) is 83.9 Å². The minimum absolute atomic E-state index is 0. The van der Waals surface area contributed by atoms with Crippen molar-refractivity contribution in [3.8, 4) is 0 Å². The minimum Gasteiger partial charge on any atom is -0.0776 e. The van der Waals surface area contributed by atoms with Crippen molar-refractivity contribution in [1.29, 1.82) is 0 Å². The second-order valence-corrected chi connectivity index (χ2v) is 8.13. The Bertz CT molecular complexity index is 765. The molecule has 3 rings (SSSR count). The third-order valence-electron chi connectivity index (χ3n) is 5.23. The first-order valence-electron chi connectivity index (χ1n) is 10.6. The molecule has 0 N–H and O–H groups in total. The summed E-state index contributed by atoms with van der Waals surface area (Å²) < 4.78 is 0. The Morgan fingerprint density at radius 2 is 1.39 bits per heavy atom. The number of fused-ring (bicyclic) bond motifs is 1. The van der Waals surface area contributed by atoms with Gasteiger partial charge in [0.25, 0.3) is 0 Å². The Balaban J connectivity index is 0.000000277. The molecule has 0 fully saturated rings. The van der Waals surface area contributed by atoms with E-state index in [2.05, 4.69) is 100 Å². The summed E-state index contributed by atoms with van der Waals surface area (Å²) in [5, 5.41) is 2.78. The van der Waals surface area contributed by atoms with Crippen molar-refractivity contribution >= 4 is 10.8 Å². The molecule has 0 aliphatic carbocycles. The van der Waals surface area contributed by atoms with Gasteiger partial charge in [-0.25, -0.2) is 0 Å². The maximum absolute atomic E-state index is 2.32. The van der Waals surface area contributed by atoms with Gasteiger partial charge < -0.3 is 0 Å². The second kappa shape index (κ2) is 13.2. The van der Waals surface area contributed by atoms with Crippen LogP contribution in [0.15, 0.2) is 72.8 Å². The van der Waals surface area contributed by atoms with Crippen LogP contribution in [0.1, 0.15) is 65.5 Å². The molecular formula is C28H40. The molecule has 3 aromatic rings. The zero-order valence-corrected chi connectivity index (χ0v) is 17.6. The van der Waals surface area contributed by atoms with Gasteiger partial charge in [0.2, 0.25) is 0 Å². The lowest BCUT2D eigenvalue weighted by Gasteiger charge is -2.10. The van der Waals surface area contributed by atoms with E-state index in [0.717, 1.165) is 11.8 Å². The molecule has 0 saturated carbocycles. The average Bonchev–Trinajstić information content (AvgIpc) is 2.69. The molecule has 0 nitrogen and oxygen atoms in total. The normalized spacial score (nSPS) is 11.5. The summed E-state index contributed by atoms with van der Waals surface area (Å²) in [4.78, 5) is 0. The number of rotatable bonds is 7. The zero-order valence-electron chi connectivity index (χ0n) is 17.6. The number of hydrogen-bond donors (Lipinski definition) is 0. The van der Waals surface area contributed by atoms with E-state index >= 15 is 0 Å². The van der Waals surface area contributed by atoms with Crippen LogP contribution >= 0.6 is 0 Å². The Kier molecular flexibility index (Phi) is 11.3. The fraction of sp³-hybridized carbons (Fsp3) is 0.429. The Morgan fingerprint density at radius 3 is 2.07 bits per heavy atom. The van der Waals surface area contributed by atoms with Crippen molar-refractivity contribution in [3.63, 3.8) is 0 Å². The molecule has 0 heterocycles. The largest absolute Gasteiger partial charge is 0.0776 e. The third-order valence-corrected chi connectivity index (χ3v) is 5.23. The Morgan fingerprint density at radius 1 is 0.750 bits per heavy atom. The number of aryl methyl sites for hydroxylation is 1. The Hall–Kier alpha value is -2.08. The van der Waals surface area contributed by atoms with Crippen LogP contribution in [0.25, 0.3) is 10.8 Å². The summed E-state index contributed by atoms with van der Waals surface area (Å²) in [6.45, 7) is 9.15. The fourth-order valence-corrected chi connectivity index (χ4v) is 3.35. The first kappa shape index (κ1) is 24.0. The maximum atomic E-state index is 2.32. The van der Waals surface area contributed by atoms with Crippen molar-refractivity contribution in [2.75, 3.05) is 0 Å².